The molecule has 1 atom stereocenters. The van der Waals surface area contributed by atoms with Gasteiger partial charge in [0, 0.05) is 37.4 Å². The van der Waals surface area contributed by atoms with Crippen LogP contribution in [-0.2, 0) is 9.53 Å². The maximum Gasteiger partial charge on any atom is 0.251 e. The number of methoxy groups -OCH3 is 1. The molecule has 0 radical (unpaired) electrons. The molecule has 1 aliphatic heterocycles. The Bertz CT molecular complexity index is 484. The van der Waals surface area contributed by atoms with Gasteiger partial charge in [0.2, 0.25) is 5.91 Å². The highest BCUT2D eigenvalue weighted by Gasteiger charge is 2.21. The fourth-order valence-electron chi connectivity index (χ4n) is 2.31. The van der Waals surface area contributed by atoms with Crippen LogP contribution in [0.3, 0.4) is 0 Å². The van der Waals surface area contributed by atoms with E-state index in [0.717, 1.165) is 18.7 Å². The van der Waals surface area contributed by atoms with Crippen LogP contribution in [0, 0.1) is 0 Å². The van der Waals surface area contributed by atoms with Gasteiger partial charge in [0.15, 0.2) is 0 Å². The van der Waals surface area contributed by atoms with Crippen LogP contribution in [-0.4, -0.2) is 38.1 Å². The first-order chi connectivity index (χ1) is 9.61. The molecule has 1 aliphatic rings. The fraction of sp³-hybridized carbons (Fsp3) is 0.467. The zero-order valence-corrected chi connectivity index (χ0v) is 11.9. The van der Waals surface area contributed by atoms with Crippen molar-refractivity contribution in [2.24, 2.45) is 0 Å². The minimum absolute atomic E-state index is 0.0349. The van der Waals surface area contributed by atoms with Crippen LogP contribution < -0.4 is 10.2 Å². The maximum atomic E-state index is 12.0. The van der Waals surface area contributed by atoms with E-state index in [1.54, 1.807) is 24.1 Å². The molecule has 5 nitrogen and oxygen atoms in total. The highest BCUT2D eigenvalue weighted by molar-refractivity contribution is 5.97. The molecule has 0 aromatic heterocycles. The first-order valence-corrected chi connectivity index (χ1v) is 6.82. The number of nitrogens with zero attached hydrogens (tertiary/aromatic N) is 1. The Kier molecular flexibility index (Phi) is 4.74. The van der Waals surface area contributed by atoms with E-state index in [1.165, 1.54) is 0 Å². The molecule has 0 spiro atoms. The van der Waals surface area contributed by atoms with Crippen LogP contribution in [0.2, 0.25) is 0 Å². The molecule has 1 saturated heterocycles. The second-order valence-electron chi connectivity index (χ2n) is 5.03. The van der Waals surface area contributed by atoms with Gasteiger partial charge in [0.05, 0.1) is 6.61 Å². The topological polar surface area (TPSA) is 58.6 Å². The number of hydrogen-bond acceptors (Lipinski definition) is 3. The summed E-state index contributed by atoms with van der Waals surface area (Å²) < 4.78 is 4.98. The molecule has 1 aromatic carbocycles. The van der Waals surface area contributed by atoms with Gasteiger partial charge in [-0.3, -0.25) is 9.59 Å². The van der Waals surface area contributed by atoms with Crippen molar-refractivity contribution in [2.75, 3.05) is 25.2 Å². The summed E-state index contributed by atoms with van der Waals surface area (Å²) >= 11 is 0. The molecule has 1 aromatic rings. The summed E-state index contributed by atoms with van der Waals surface area (Å²) in [5.41, 5.74) is 1.44. The third-order valence-corrected chi connectivity index (χ3v) is 3.31. The van der Waals surface area contributed by atoms with Gasteiger partial charge in [-0.25, -0.2) is 0 Å². The Labute approximate surface area is 118 Å². The first-order valence-electron chi connectivity index (χ1n) is 6.82. The van der Waals surface area contributed by atoms with E-state index in [0.29, 0.717) is 18.6 Å². The molecule has 5 heteroatoms. The Morgan fingerprint density at radius 2 is 2.10 bits per heavy atom. The van der Waals surface area contributed by atoms with Gasteiger partial charge in [0.1, 0.15) is 0 Å². The molecule has 1 fully saturated rings. The summed E-state index contributed by atoms with van der Waals surface area (Å²) in [6, 6.07) is 7.09. The molecular formula is C15H20N2O3. The summed E-state index contributed by atoms with van der Waals surface area (Å²) in [7, 11) is 1.60. The SMILES string of the molecule is COCC(C)NC(=O)c1ccc(N2CCCC2=O)cc1. The van der Waals surface area contributed by atoms with Crippen molar-refractivity contribution < 1.29 is 14.3 Å². The van der Waals surface area contributed by atoms with E-state index >= 15 is 0 Å². The number of anilines is 1. The third kappa shape index (κ3) is 3.36. The summed E-state index contributed by atoms with van der Waals surface area (Å²) in [5.74, 6) is 0.0183. The lowest BCUT2D eigenvalue weighted by atomic mass is 10.1. The lowest BCUT2D eigenvalue weighted by Crippen LogP contribution is -2.35. The molecule has 20 heavy (non-hydrogen) atoms. The van der Waals surface area contributed by atoms with Crippen LogP contribution in [0.1, 0.15) is 30.1 Å². The van der Waals surface area contributed by atoms with Crippen LogP contribution in [0.25, 0.3) is 0 Å². The molecule has 0 bridgehead atoms. The maximum absolute atomic E-state index is 12.0. The zero-order valence-electron chi connectivity index (χ0n) is 11.9. The van der Waals surface area contributed by atoms with Crippen molar-refractivity contribution >= 4 is 17.5 Å². The molecule has 1 unspecified atom stereocenters. The monoisotopic (exact) mass is 276 g/mol. The number of amides is 2. The van der Waals surface area contributed by atoms with Crippen molar-refractivity contribution in [3.63, 3.8) is 0 Å². The van der Waals surface area contributed by atoms with Crippen LogP contribution in [0.4, 0.5) is 5.69 Å². The standard InChI is InChI=1S/C15H20N2O3/c1-11(10-20-2)16-15(19)12-5-7-13(8-6-12)17-9-3-4-14(17)18/h5-8,11H,3-4,9-10H2,1-2H3,(H,16,19). The number of nitrogens with one attached hydrogen (secondary N) is 1. The lowest BCUT2D eigenvalue weighted by molar-refractivity contribution is -0.117. The minimum atomic E-state index is -0.131. The van der Waals surface area contributed by atoms with Gasteiger partial charge in [-0.1, -0.05) is 0 Å². The molecular weight excluding hydrogens is 256 g/mol. The number of rotatable bonds is 5. The van der Waals surface area contributed by atoms with Crippen molar-refractivity contribution in [3.05, 3.63) is 29.8 Å². The molecule has 1 heterocycles. The third-order valence-electron chi connectivity index (χ3n) is 3.31. The largest absolute Gasteiger partial charge is 0.383 e. The number of ether oxygens (including phenoxy) is 1. The Balaban J connectivity index is 2.00. The van der Waals surface area contributed by atoms with Crippen molar-refractivity contribution in [1.29, 1.82) is 0 Å². The van der Waals surface area contributed by atoms with Crippen LogP contribution >= 0.6 is 0 Å². The van der Waals surface area contributed by atoms with Gasteiger partial charge in [0.25, 0.3) is 5.91 Å². The Hall–Kier alpha value is -1.88. The van der Waals surface area contributed by atoms with Gasteiger partial charge in [-0.15, -0.1) is 0 Å². The molecule has 0 aliphatic carbocycles. The van der Waals surface area contributed by atoms with E-state index in [9.17, 15) is 9.59 Å². The van der Waals surface area contributed by atoms with Gasteiger partial charge >= 0.3 is 0 Å². The fourth-order valence-corrected chi connectivity index (χ4v) is 2.31. The smallest absolute Gasteiger partial charge is 0.251 e. The summed E-state index contributed by atoms with van der Waals surface area (Å²) in [6.45, 7) is 3.13. The van der Waals surface area contributed by atoms with E-state index in [-0.39, 0.29) is 17.9 Å². The van der Waals surface area contributed by atoms with Gasteiger partial charge in [-0.2, -0.15) is 0 Å². The second-order valence-corrected chi connectivity index (χ2v) is 5.03. The van der Waals surface area contributed by atoms with Crippen molar-refractivity contribution in [1.82, 2.24) is 5.32 Å². The van der Waals surface area contributed by atoms with Crippen molar-refractivity contribution in [2.45, 2.75) is 25.8 Å². The predicted octanol–water partition coefficient (Wildman–Crippen LogP) is 1.58. The van der Waals surface area contributed by atoms with E-state index in [1.807, 2.05) is 19.1 Å². The first kappa shape index (κ1) is 14.5. The Morgan fingerprint density at radius 1 is 1.40 bits per heavy atom. The Morgan fingerprint density at radius 3 is 2.65 bits per heavy atom. The zero-order chi connectivity index (χ0) is 14.5. The van der Waals surface area contributed by atoms with E-state index < -0.39 is 0 Å². The van der Waals surface area contributed by atoms with Crippen molar-refractivity contribution in [3.8, 4) is 0 Å². The minimum Gasteiger partial charge on any atom is -0.383 e. The number of benzene rings is 1. The van der Waals surface area contributed by atoms with E-state index in [2.05, 4.69) is 5.32 Å². The molecule has 108 valence electrons. The molecule has 2 rings (SSSR count). The van der Waals surface area contributed by atoms with Crippen LogP contribution in [0.15, 0.2) is 24.3 Å². The summed E-state index contributed by atoms with van der Waals surface area (Å²) in [6.07, 6.45) is 1.51. The lowest BCUT2D eigenvalue weighted by Gasteiger charge is -2.16. The average Bonchev–Trinajstić information content (AvgIpc) is 2.85. The molecule has 1 N–H and O–H groups in total. The highest BCUT2D eigenvalue weighted by atomic mass is 16.5. The number of carbonyl (C=O) groups excluding carboxylic acids is 2. The summed E-state index contributed by atoms with van der Waals surface area (Å²) in [5, 5.41) is 2.85. The van der Waals surface area contributed by atoms with Gasteiger partial charge in [-0.05, 0) is 37.6 Å². The normalized spacial score (nSPS) is 16.3. The van der Waals surface area contributed by atoms with E-state index in [4.69, 9.17) is 4.74 Å². The van der Waals surface area contributed by atoms with Crippen LogP contribution in [0.5, 0.6) is 0 Å². The predicted molar refractivity (Wildman–Crippen MR) is 76.8 cm³/mol. The second kappa shape index (κ2) is 6.52. The summed E-state index contributed by atoms with van der Waals surface area (Å²) in [4.78, 5) is 25.4. The number of carbonyl (C=O) groups is 2. The average molecular weight is 276 g/mol. The molecule has 0 saturated carbocycles. The van der Waals surface area contributed by atoms with Gasteiger partial charge < -0.3 is 15.0 Å². The number of hydrogen-bond donors (Lipinski definition) is 1. The highest BCUT2D eigenvalue weighted by Crippen LogP contribution is 2.21. The molecule has 2 amide bonds. The quantitative estimate of drug-likeness (QED) is 0.888.